The number of aryl methyl sites for hydroxylation is 1. The zero-order chi connectivity index (χ0) is 16.3. The number of carbonyl (C=O) groups excluding carboxylic acids is 1. The number of fused-ring (bicyclic) bond motifs is 1. The smallest absolute Gasteiger partial charge is 0.354 e. The summed E-state index contributed by atoms with van der Waals surface area (Å²) >= 11 is 0. The molecule has 2 N–H and O–H groups in total. The molecular formula is C15H19N3O4. The number of pyridine rings is 1. The normalized spacial score (nSPS) is 12.1. The van der Waals surface area contributed by atoms with E-state index < -0.39 is 5.97 Å². The molecule has 0 saturated carbocycles. The number of carbonyl (C=O) groups is 2. The molecule has 0 radical (unpaired) electrons. The Bertz CT molecular complexity index is 708. The maximum atomic E-state index is 11.7. The summed E-state index contributed by atoms with van der Waals surface area (Å²) in [4.78, 5) is 27.2. The van der Waals surface area contributed by atoms with E-state index in [1.165, 1.54) is 4.40 Å². The summed E-state index contributed by atoms with van der Waals surface area (Å²) in [5.41, 5.74) is 0.867. The monoisotopic (exact) mass is 305 g/mol. The van der Waals surface area contributed by atoms with Crippen LogP contribution in [0.2, 0.25) is 0 Å². The Morgan fingerprint density at radius 1 is 1.50 bits per heavy atom. The minimum Gasteiger partial charge on any atom is -0.480 e. The van der Waals surface area contributed by atoms with E-state index in [0.29, 0.717) is 17.1 Å². The fourth-order valence-electron chi connectivity index (χ4n) is 2.09. The maximum Gasteiger partial charge on any atom is 0.354 e. The molecule has 0 aromatic carbocycles. The van der Waals surface area contributed by atoms with Crippen molar-refractivity contribution in [3.05, 3.63) is 29.7 Å². The average Bonchev–Trinajstić information content (AvgIpc) is 2.81. The minimum atomic E-state index is -1.06. The summed E-state index contributed by atoms with van der Waals surface area (Å²) in [5, 5.41) is 12.0. The highest BCUT2D eigenvalue weighted by Gasteiger charge is 2.18. The van der Waals surface area contributed by atoms with E-state index in [9.17, 15) is 14.7 Å². The second-order valence-electron chi connectivity index (χ2n) is 5.08. The van der Waals surface area contributed by atoms with E-state index in [1.807, 2.05) is 13.8 Å². The summed E-state index contributed by atoms with van der Waals surface area (Å²) in [7, 11) is 0. The summed E-state index contributed by atoms with van der Waals surface area (Å²) < 4.78 is 6.93. The molecule has 22 heavy (non-hydrogen) atoms. The van der Waals surface area contributed by atoms with Crippen molar-refractivity contribution in [2.75, 3.05) is 6.61 Å². The number of nitrogens with zero attached hydrogens (tertiary/aromatic N) is 2. The third-order valence-corrected chi connectivity index (χ3v) is 3.37. The predicted molar refractivity (Wildman–Crippen MR) is 80.3 cm³/mol. The van der Waals surface area contributed by atoms with Crippen molar-refractivity contribution in [2.45, 2.75) is 33.2 Å². The molecule has 1 atom stereocenters. The Kier molecular flexibility index (Phi) is 4.65. The number of ether oxygens (including phenoxy) is 1. The zero-order valence-corrected chi connectivity index (χ0v) is 12.8. The van der Waals surface area contributed by atoms with Crippen LogP contribution < -0.4 is 10.1 Å². The minimum absolute atomic E-state index is 0.0826. The topological polar surface area (TPSA) is 92.9 Å². The van der Waals surface area contributed by atoms with E-state index in [1.54, 1.807) is 25.3 Å². The van der Waals surface area contributed by atoms with Gasteiger partial charge in [0.1, 0.15) is 0 Å². The quantitative estimate of drug-likeness (QED) is 0.846. The zero-order valence-electron chi connectivity index (χ0n) is 12.8. The number of nitrogens with one attached hydrogen (secondary N) is 1. The summed E-state index contributed by atoms with van der Waals surface area (Å²) in [6.07, 6.45) is 2.44. The number of carboxylic acid groups (broad SMARTS) is 1. The summed E-state index contributed by atoms with van der Waals surface area (Å²) in [5.74, 6) is -0.910. The van der Waals surface area contributed by atoms with Crippen LogP contribution >= 0.6 is 0 Å². The van der Waals surface area contributed by atoms with E-state index in [2.05, 4.69) is 10.3 Å². The van der Waals surface area contributed by atoms with Gasteiger partial charge in [-0.15, -0.1) is 0 Å². The Balaban J connectivity index is 2.21. The van der Waals surface area contributed by atoms with Gasteiger partial charge >= 0.3 is 5.97 Å². The molecule has 1 unspecified atom stereocenters. The first-order valence-corrected chi connectivity index (χ1v) is 7.07. The van der Waals surface area contributed by atoms with Gasteiger partial charge in [0.25, 0.3) is 5.91 Å². The van der Waals surface area contributed by atoms with Crippen LogP contribution in [0.15, 0.2) is 18.3 Å². The van der Waals surface area contributed by atoms with Crippen LogP contribution in [-0.2, 0) is 4.79 Å². The van der Waals surface area contributed by atoms with Crippen LogP contribution in [0, 0.1) is 6.92 Å². The Morgan fingerprint density at radius 3 is 2.86 bits per heavy atom. The largest absolute Gasteiger partial charge is 0.480 e. The van der Waals surface area contributed by atoms with Crippen molar-refractivity contribution in [2.24, 2.45) is 0 Å². The molecular weight excluding hydrogens is 286 g/mol. The van der Waals surface area contributed by atoms with Gasteiger partial charge in [-0.05, 0) is 32.4 Å². The number of rotatable bonds is 6. The van der Waals surface area contributed by atoms with Gasteiger partial charge in [0.2, 0.25) is 0 Å². The van der Waals surface area contributed by atoms with Crippen molar-refractivity contribution in [1.82, 2.24) is 14.7 Å². The number of carboxylic acids is 1. The van der Waals surface area contributed by atoms with E-state index in [-0.39, 0.29) is 24.2 Å². The molecule has 2 aromatic heterocycles. The summed E-state index contributed by atoms with van der Waals surface area (Å²) in [6, 6.07) is 3.39. The Morgan fingerprint density at radius 2 is 2.23 bits per heavy atom. The Hall–Kier alpha value is -2.57. The maximum absolute atomic E-state index is 11.7. The number of aromatic carboxylic acids is 1. The molecule has 7 nitrogen and oxygen atoms in total. The fraction of sp³-hybridized carbons (Fsp3) is 0.400. The average molecular weight is 305 g/mol. The molecule has 2 aromatic rings. The van der Waals surface area contributed by atoms with Crippen LogP contribution in [0.5, 0.6) is 5.75 Å². The van der Waals surface area contributed by atoms with Crippen LogP contribution in [0.25, 0.3) is 5.65 Å². The van der Waals surface area contributed by atoms with Crippen molar-refractivity contribution >= 4 is 17.5 Å². The number of hydrogen-bond acceptors (Lipinski definition) is 4. The van der Waals surface area contributed by atoms with Crippen LogP contribution in [0.4, 0.5) is 0 Å². The molecule has 1 amide bonds. The lowest BCUT2D eigenvalue weighted by Crippen LogP contribution is -2.35. The molecule has 0 aliphatic rings. The van der Waals surface area contributed by atoms with Crippen molar-refractivity contribution in [1.29, 1.82) is 0 Å². The molecule has 0 aliphatic carbocycles. The van der Waals surface area contributed by atoms with E-state index in [4.69, 9.17) is 4.74 Å². The Labute approximate surface area is 127 Å². The summed E-state index contributed by atoms with van der Waals surface area (Å²) in [6.45, 7) is 5.37. The van der Waals surface area contributed by atoms with Gasteiger partial charge in [-0.3, -0.25) is 9.20 Å². The first-order chi connectivity index (χ1) is 10.4. The van der Waals surface area contributed by atoms with Gasteiger partial charge in [-0.25, -0.2) is 9.78 Å². The van der Waals surface area contributed by atoms with Crippen LogP contribution in [0.3, 0.4) is 0 Å². The molecule has 0 aliphatic heterocycles. The first kappa shape index (κ1) is 15.8. The van der Waals surface area contributed by atoms with Crippen molar-refractivity contribution in [3.8, 4) is 5.75 Å². The molecule has 7 heteroatoms. The highest BCUT2D eigenvalue weighted by molar-refractivity contribution is 5.88. The van der Waals surface area contributed by atoms with E-state index >= 15 is 0 Å². The lowest BCUT2D eigenvalue weighted by Gasteiger charge is -2.12. The fourth-order valence-corrected chi connectivity index (χ4v) is 2.09. The van der Waals surface area contributed by atoms with E-state index in [0.717, 1.165) is 6.42 Å². The van der Waals surface area contributed by atoms with Gasteiger partial charge < -0.3 is 15.2 Å². The molecule has 2 rings (SSSR count). The van der Waals surface area contributed by atoms with Gasteiger partial charge in [-0.1, -0.05) is 6.92 Å². The van der Waals surface area contributed by atoms with Gasteiger partial charge in [0.05, 0.1) is 5.69 Å². The molecule has 118 valence electrons. The number of hydrogen-bond donors (Lipinski definition) is 2. The SMILES string of the molecule is CCC(C)NC(=O)COc1cccn2c(C(=O)O)c(C)nc12. The number of amides is 1. The van der Waals surface area contributed by atoms with Crippen molar-refractivity contribution in [3.63, 3.8) is 0 Å². The third-order valence-electron chi connectivity index (χ3n) is 3.37. The lowest BCUT2D eigenvalue weighted by atomic mass is 10.2. The lowest BCUT2D eigenvalue weighted by molar-refractivity contribution is -0.123. The molecule has 0 fully saturated rings. The standard InChI is InChI=1S/C15H19N3O4/c1-4-9(2)16-12(19)8-22-11-6-5-7-18-13(15(20)21)10(3)17-14(11)18/h5-7,9H,4,8H2,1-3H3,(H,16,19)(H,20,21). The number of imidazole rings is 1. The molecule has 0 spiro atoms. The highest BCUT2D eigenvalue weighted by Crippen LogP contribution is 2.21. The molecule has 0 bridgehead atoms. The van der Waals surface area contributed by atoms with Gasteiger partial charge in [0, 0.05) is 12.2 Å². The number of aromatic nitrogens is 2. The van der Waals surface area contributed by atoms with Crippen LogP contribution in [-0.4, -0.2) is 39.0 Å². The first-order valence-electron chi connectivity index (χ1n) is 7.07. The predicted octanol–water partition coefficient (Wildman–Crippen LogP) is 1.63. The van der Waals surface area contributed by atoms with Crippen LogP contribution in [0.1, 0.15) is 36.5 Å². The highest BCUT2D eigenvalue weighted by atomic mass is 16.5. The second kappa shape index (κ2) is 6.46. The van der Waals surface area contributed by atoms with Crippen molar-refractivity contribution < 1.29 is 19.4 Å². The second-order valence-corrected chi connectivity index (χ2v) is 5.08. The molecule has 0 saturated heterocycles. The van der Waals surface area contributed by atoms with Gasteiger partial charge in [0.15, 0.2) is 23.7 Å². The van der Waals surface area contributed by atoms with Gasteiger partial charge in [-0.2, -0.15) is 0 Å². The molecule has 2 heterocycles. The third kappa shape index (κ3) is 3.19.